The highest BCUT2D eigenvalue weighted by atomic mass is 32.2. The zero-order valence-corrected chi connectivity index (χ0v) is 11.8. The summed E-state index contributed by atoms with van der Waals surface area (Å²) >= 11 is 0. The Morgan fingerprint density at radius 2 is 1.89 bits per heavy atom. The van der Waals surface area contributed by atoms with Gasteiger partial charge in [-0.05, 0) is 56.1 Å². The van der Waals surface area contributed by atoms with Crippen molar-refractivity contribution in [2.24, 2.45) is 11.3 Å². The molecule has 2 aliphatic carbocycles. The quantitative estimate of drug-likeness (QED) is 0.821. The van der Waals surface area contributed by atoms with E-state index in [2.05, 4.69) is 6.92 Å². The van der Waals surface area contributed by atoms with Crippen molar-refractivity contribution >= 4 is 9.84 Å². The van der Waals surface area contributed by atoms with Crippen LogP contribution >= 0.6 is 0 Å². The van der Waals surface area contributed by atoms with Crippen molar-refractivity contribution in [1.29, 1.82) is 0 Å². The van der Waals surface area contributed by atoms with Crippen LogP contribution in [-0.2, 0) is 9.84 Å². The van der Waals surface area contributed by atoms with Crippen LogP contribution in [0, 0.1) is 18.3 Å². The van der Waals surface area contributed by atoms with E-state index in [-0.39, 0.29) is 10.7 Å². The van der Waals surface area contributed by atoms with Crippen LogP contribution in [0.2, 0.25) is 0 Å². The van der Waals surface area contributed by atoms with Gasteiger partial charge in [-0.3, -0.25) is 0 Å². The molecule has 2 nitrogen and oxygen atoms in total. The highest BCUT2D eigenvalue weighted by molar-refractivity contribution is 7.92. The van der Waals surface area contributed by atoms with Gasteiger partial charge in [0.1, 0.15) is 0 Å². The van der Waals surface area contributed by atoms with Crippen molar-refractivity contribution in [3.8, 4) is 0 Å². The van der Waals surface area contributed by atoms with E-state index in [1.165, 1.54) is 6.42 Å². The van der Waals surface area contributed by atoms with Gasteiger partial charge in [-0.2, -0.15) is 0 Å². The Hall–Kier alpha value is -0.830. The molecule has 0 radical (unpaired) electrons. The predicted octanol–water partition coefficient (Wildman–Crippen LogP) is 3.35. The molecule has 2 aliphatic rings. The van der Waals surface area contributed by atoms with Crippen molar-refractivity contribution < 1.29 is 8.42 Å². The van der Waals surface area contributed by atoms with Crippen LogP contribution < -0.4 is 0 Å². The van der Waals surface area contributed by atoms with Gasteiger partial charge in [0.05, 0.1) is 10.1 Å². The molecule has 1 aromatic rings. The van der Waals surface area contributed by atoms with Gasteiger partial charge in [-0.25, -0.2) is 8.42 Å². The van der Waals surface area contributed by atoms with Crippen molar-refractivity contribution in [3.05, 3.63) is 29.8 Å². The van der Waals surface area contributed by atoms with E-state index in [4.69, 9.17) is 0 Å². The average Bonchev–Trinajstić information content (AvgIpc) is 2.85. The molecule has 18 heavy (non-hydrogen) atoms. The van der Waals surface area contributed by atoms with Gasteiger partial charge in [0.25, 0.3) is 0 Å². The summed E-state index contributed by atoms with van der Waals surface area (Å²) in [4.78, 5) is 0.506. The maximum Gasteiger partial charge on any atom is 0.181 e. The minimum absolute atomic E-state index is 0.0222. The molecule has 98 valence electrons. The third kappa shape index (κ3) is 1.71. The summed E-state index contributed by atoms with van der Waals surface area (Å²) in [6, 6.07) is 7.31. The molecule has 2 bridgehead atoms. The van der Waals surface area contributed by atoms with E-state index in [1.54, 1.807) is 12.1 Å². The van der Waals surface area contributed by atoms with Crippen LogP contribution in [0.5, 0.6) is 0 Å². The van der Waals surface area contributed by atoms with Crippen LogP contribution in [0.4, 0.5) is 0 Å². The molecule has 0 saturated heterocycles. The van der Waals surface area contributed by atoms with Crippen molar-refractivity contribution in [1.82, 2.24) is 0 Å². The van der Waals surface area contributed by atoms with E-state index in [9.17, 15) is 8.42 Å². The Labute approximate surface area is 109 Å². The first-order chi connectivity index (χ1) is 8.42. The Morgan fingerprint density at radius 3 is 2.39 bits per heavy atom. The largest absolute Gasteiger partial charge is 0.223 e. The molecule has 0 amide bonds. The summed E-state index contributed by atoms with van der Waals surface area (Å²) in [5, 5.41) is -0.161. The summed E-state index contributed by atoms with van der Waals surface area (Å²) in [6.07, 6.45) is 4.26. The number of benzene rings is 1. The van der Waals surface area contributed by atoms with Crippen molar-refractivity contribution in [2.75, 3.05) is 0 Å². The number of aryl methyl sites for hydroxylation is 1. The van der Waals surface area contributed by atoms with Crippen LogP contribution in [0.3, 0.4) is 0 Å². The van der Waals surface area contributed by atoms with E-state index in [0.29, 0.717) is 10.8 Å². The Kier molecular flexibility index (Phi) is 2.60. The molecular weight excluding hydrogens is 244 g/mol. The monoisotopic (exact) mass is 264 g/mol. The second-order valence-corrected chi connectivity index (χ2v) is 8.48. The molecule has 0 heterocycles. The minimum Gasteiger partial charge on any atom is -0.223 e. The Bertz CT molecular complexity index is 559. The summed E-state index contributed by atoms with van der Waals surface area (Å²) < 4.78 is 25.5. The predicted molar refractivity (Wildman–Crippen MR) is 72.2 cm³/mol. The molecular formula is C15H20O2S. The third-order valence-electron chi connectivity index (χ3n) is 4.93. The van der Waals surface area contributed by atoms with Crippen LogP contribution in [-0.4, -0.2) is 13.7 Å². The number of rotatable bonds is 2. The van der Waals surface area contributed by atoms with Gasteiger partial charge in [0.15, 0.2) is 9.84 Å². The summed E-state index contributed by atoms with van der Waals surface area (Å²) in [7, 11) is -3.14. The molecule has 0 unspecified atom stereocenters. The fourth-order valence-electron chi connectivity index (χ4n) is 3.87. The molecule has 3 rings (SSSR count). The topological polar surface area (TPSA) is 34.1 Å². The minimum atomic E-state index is -3.14. The van der Waals surface area contributed by atoms with Gasteiger partial charge < -0.3 is 0 Å². The zero-order chi connectivity index (χ0) is 13.0. The van der Waals surface area contributed by atoms with Gasteiger partial charge in [-0.1, -0.05) is 24.6 Å². The lowest BCUT2D eigenvalue weighted by atomic mass is 9.86. The molecule has 2 fully saturated rings. The van der Waals surface area contributed by atoms with Crippen molar-refractivity contribution in [2.45, 2.75) is 49.7 Å². The first kappa shape index (κ1) is 12.2. The first-order valence-corrected chi connectivity index (χ1v) is 8.27. The number of hydrogen-bond acceptors (Lipinski definition) is 2. The maximum absolute atomic E-state index is 12.7. The molecule has 0 N–H and O–H groups in total. The van der Waals surface area contributed by atoms with Crippen molar-refractivity contribution in [3.63, 3.8) is 0 Å². The van der Waals surface area contributed by atoms with Gasteiger partial charge in [0.2, 0.25) is 0 Å². The number of fused-ring (bicyclic) bond motifs is 2. The normalized spacial score (nSPS) is 35.0. The lowest BCUT2D eigenvalue weighted by Crippen LogP contribution is -2.34. The lowest BCUT2D eigenvalue weighted by Gasteiger charge is -2.31. The summed E-state index contributed by atoms with van der Waals surface area (Å²) in [6.45, 7) is 4.14. The highest BCUT2D eigenvalue weighted by Crippen LogP contribution is 2.57. The summed E-state index contributed by atoms with van der Waals surface area (Å²) in [5.41, 5.74) is 1.13. The summed E-state index contributed by atoms with van der Waals surface area (Å²) in [5.74, 6) is 0.639. The zero-order valence-electron chi connectivity index (χ0n) is 11.0. The third-order valence-corrected chi connectivity index (χ3v) is 7.37. The van der Waals surface area contributed by atoms with Crippen LogP contribution in [0.1, 0.15) is 38.2 Å². The van der Waals surface area contributed by atoms with E-state index >= 15 is 0 Å². The SMILES string of the molecule is Cc1ccc(S(=O)(=O)[C@H]2C[C@H]3CC[C@]2(C)C3)cc1. The average molecular weight is 264 g/mol. The lowest BCUT2D eigenvalue weighted by molar-refractivity contribution is 0.331. The molecule has 0 aliphatic heterocycles. The van der Waals surface area contributed by atoms with E-state index < -0.39 is 9.84 Å². The van der Waals surface area contributed by atoms with Gasteiger partial charge in [0, 0.05) is 0 Å². The van der Waals surface area contributed by atoms with Gasteiger partial charge >= 0.3 is 0 Å². The van der Waals surface area contributed by atoms with Gasteiger partial charge in [-0.15, -0.1) is 0 Å². The number of hydrogen-bond donors (Lipinski definition) is 0. The molecule has 0 spiro atoms. The van der Waals surface area contributed by atoms with Crippen LogP contribution in [0.15, 0.2) is 29.2 Å². The smallest absolute Gasteiger partial charge is 0.181 e. The Balaban J connectivity index is 1.99. The Morgan fingerprint density at radius 1 is 1.22 bits per heavy atom. The highest BCUT2D eigenvalue weighted by Gasteiger charge is 2.54. The molecule has 2 saturated carbocycles. The standard InChI is InChI=1S/C15H20O2S/c1-11-3-5-13(6-4-11)18(16,17)14-9-12-7-8-15(14,2)10-12/h3-6,12,14H,7-10H2,1-2H3/t12-,14+,15-/m1/s1. The second kappa shape index (κ2) is 3.83. The number of sulfone groups is 1. The molecule has 3 atom stereocenters. The van der Waals surface area contributed by atoms with Crippen LogP contribution in [0.25, 0.3) is 0 Å². The molecule has 3 heteroatoms. The molecule has 0 aromatic heterocycles. The fourth-order valence-corrected chi connectivity index (χ4v) is 6.20. The second-order valence-electron chi connectivity index (χ2n) is 6.35. The first-order valence-electron chi connectivity index (χ1n) is 6.72. The van der Waals surface area contributed by atoms with E-state index in [0.717, 1.165) is 24.8 Å². The fraction of sp³-hybridized carbons (Fsp3) is 0.600. The molecule has 1 aromatic carbocycles. The van der Waals surface area contributed by atoms with E-state index in [1.807, 2.05) is 19.1 Å². The maximum atomic E-state index is 12.7.